The summed E-state index contributed by atoms with van der Waals surface area (Å²) in [6.07, 6.45) is 0. The fourth-order valence-electron chi connectivity index (χ4n) is 2.13. The van der Waals surface area contributed by atoms with Gasteiger partial charge in [-0.15, -0.1) is 16.9 Å². The highest BCUT2D eigenvalue weighted by Crippen LogP contribution is 2.25. The lowest BCUT2D eigenvalue weighted by Gasteiger charge is -2.08. The highest BCUT2D eigenvalue weighted by Gasteiger charge is 2.07. The Labute approximate surface area is 157 Å². The molecule has 1 amide bonds. The zero-order valence-corrected chi connectivity index (χ0v) is 16.0. The molecule has 0 unspecified atom stereocenters. The maximum Gasteiger partial charge on any atom is 0.234 e. The average Bonchev–Trinajstić information content (AvgIpc) is 3.09. The normalized spacial score (nSPS) is 10.6. The van der Waals surface area contributed by atoms with Gasteiger partial charge in [0.25, 0.3) is 0 Å². The molecule has 0 aliphatic heterocycles. The van der Waals surface area contributed by atoms with Gasteiger partial charge in [-0.25, -0.2) is 0 Å². The number of amides is 1. The van der Waals surface area contributed by atoms with E-state index >= 15 is 0 Å². The largest absolute Gasteiger partial charge is 0.325 e. The van der Waals surface area contributed by atoms with Crippen molar-refractivity contribution in [3.05, 3.63) is 57.9 Å². The smallest absolute Gasteiger partial charge is 0.234 e. The van der Waals surface area contributed by atoms with Gasteiger partial charge in [0.15, 0.2) is 0 Å². The summed E-state index contributed by atoms with van der Waals surface area (Å²) in [5, 5.41) is 8.84. The fourth-order valence-corrected chi connectivity index (χ4v) is 3.88. The molecule has 7 heteroatoms. The van der Waals surface area contributed by atoms with Crippen LogP contribution >= 0.6 is 39.2 Å². The van der Waals surface area contributed by atoms with Gasteiger partial charge in [0, 0.05) is 26.0 Å². The molecule has 0 saturated carbocycles. The second kappa shape index (κ2) is 7.92. The summed E-state index contributed by atoms with van der Waals surface area (Å²) in [5.41, 5.74) is 3.77. The van der Waals surface area contributed by atoms with Crippen LogP contribution in [-0.2, 0) is 4.79 Å². The van der Waals surface area contributed by atoms with Crippen LogP contribution in [0.3, 0.4) is 0 Å². The summed E-state index contributed by atoms with van der Waals surface area (Å²) in [6, 6.07) is 13.7. The Kier molecular flexibility index (Phi) is 5.65. The summed E-state index contributed by atoms with van der Waals surface area (Å²) < 4.78 is 4.90. The molecule has 0 atom stereocenters. The first-order valence-corrected chi connectivity index (χ1v) is 9.79. The quantitative estimate of drug-likeness (QED) is 0.590. The molecule has 122 valence electrons. The molecule has 1 N–H and O–H groups in total. The van der Waals surface area contributed by atoms with E-state index in [4.69, 9.17) is 0 Å². The second-order valence-electron chi connectivity index (χ2n) is 5.11. The van der Waals surface area contributed by atoms with Crippen LogP contribution in [0.4, 0.5) is 5.69 Å². The number of halogens is 1. The van der Waals surface area contributed by atoms with E-state index in [0.29, 0.717) is 5.75 Å². The first-order chi connectivity index (χ1) is 11.6. The van der Waals surface area contributed by atoms with Crippen LogP contribution in [-0.4, -0.2) is 21.2 Å². The van der Waals surface area contributed by atoms with E-state index in [2.05, 4.69) is 30.8 Å². The van der Waals surface area contributed by atoms with Gasteiger partial charge >= 0.3 is 0 Å². The minimum absolute atomic E-state index is 0.0228. The van der Waals surface area contributed by atoms with Gasteiger partial charge in [0.05, 0.1) is 5.75 Å². The number of thioether (sulfide) groups is 1. The Morgan fingerprint density at radius 2 is 2.04 bits per heavy atom. The standard InChI is InChI=1S/C17H14BrN3OS2/c1-11-8-13(18)4-7-16(11)23-10-17(22)19-14-5-2-12(3-6-14)15-9-24-21-20-15/h2-9H,10H2,1H3,(H,19,22). The first kappa shape index (κ1) is 17.1. The SMILES string of the molecule is Cc1cc(Br)ccc1SCC(=O)Nc1ccc(-c2csnn2)cc1. The van der Waals surface area contributed by atoms with E-state index in [1.807, 2.05) is 54.8 Å². The van der Waals surface area contributed by atoms with Crippen LogP contribution in [0.2, 0.25) is 0 Å². The number of nitrogens with zero attached hydrogens (tertiary/aromatic N) is 2. The van der Waals surface area contributed by atoms with Crippen molar-refractivity contribution in [1.29, 1.82) is 0 Å². The minimum atomic E-state index is -0.0228. The molecule has 2 aromatic carbocycles. The molecule has 0 bridgehead atoms. The number of hydrogen-bond donors (Lipinski definition) is 1. The maximum atomic E-state index is 12.1. The van der Waals surface area contributed by atoms with Crippen molar-refractivity contribution < 1.29 is 4.79 Å². The topological polar surface area (TPSA) is 54.9 Å². The van der Waals surface area contributed by atoms with Crippen molar-refractivity contribution >= 4 is 50.8 Å². The third kappa shape index (κ3) is 4.43. The predicted octanol–water partition coefficient (Wildman–Crippen LogP) is 5.01. The molecule has 1 aromatic heterocycles. The molecular weight excluding hydrogens is 406 g/mol. The van der Waals surface area contributed by atoms with Gasteiger partial charge in [-0.3, -0.25) is 4.79 Å². The molecule has 3 aromatic rings. The molecule has 24 heavy (non-hydrogen) atoms. The van der Waals surface area contributed by atoms with E-state index in [1.165, 1.54) is 23.3 Å². The van der Waals surface area contributed by atoms with Crippen molar-refractivity contribution in [2.24, 2.45) is 0 Å². The Bertz CT molecular complexity index is 836. The minimum Gasteiger partial charge on any atom is -0.325 e. The Hall–Kier alpha value is -1.70. The monoisotopic (exact) mass is 419 g/mol. The van der Waals surface area contributed by atoms with Gasteiger partial charge < -0.3 is 5.32 Å². The van der Waals surface area contributed by atoms with Crippen molar-refractivity contribution in [2.75, 3.05) is 11.1 Å². The van der Waals surface area contributed by atoms with Gasteiger partial charge in [0.1, 0.15) is 5.69 Å². The number of nitrogens with one attached hydrogen (secondary N) is 1. The van der Waals surface area contributed by atoms with Crippen molar-refractivity contribution in [3.8, 4) is 11.3 Å². The molecule has 3 rings (SSSR count). The van der Waals surface area contributed by atoms with Crippen LogP contribution in [0.5, 0.6) is 0 Å². The van der Waals surface area contributed by atoms with Crippen molar-refractivity contribution in [1.82, 2.24) is 9.59 Å². The molecular formula is C17H14BrN3OS2. The van der Waals surface area contributed by atoms with E-state index in [9.17, 15) is 4.79 Å². The summed E-state index contributed by atoms with van der Waals surface area (Å²) >= 11 is 6.30. The Balaban J connectivity index is 1.56. The molecule has 0 spiro atoms. The Morgan fingerprint density at radius 3 is 2.71 bits per heavy atom. The fraction of sp³-hybridized carbons (Fsp3) is 0.118. The number of carbonyl (C=O) groups is 1. The highest BCUT2D eigenvalue weighted by atomic mass is 79.9. The van der Waals surface area contributed by atoms with Gasteiger partial charge in [-0.2, -0.15) is 0 Å². The van der Waals surface area contributed by atoms with Crippen LogP contribution in [0.1, 0.15) is 5.56 Å². The average molecular weight is 420 g/mol. The van der Waals surface area contributed by atoms with Crippen LogP contribution in [0.25, 0.3) is 11.3 Å². The third-order valence-corrected chi connectivity index (χ3v) is 5.49. The van der Waals surface area contributed by atoms with E-state index in [0.717, 1.165) is 31.9 Å². The molecule has 0 fully saturated rings. The van der Waals surface area contributed by atoms with E-state index < -0.39 is 0 Å². The lowest BCUT2D eigenvalue weighted by Crippen LogP contribution is -2.13. The van der Waals surface area contributed by atoms with Gasteiger partial charge in [0.2, 0.25) is 5.91 Å². The lowest BCUT2D eigenvalue weighted by atomic mass is 10.1. The zero-order valence-electron chi connectivity index (χ0n) is 12.8. The van der Waals surface area contributed by atoms with E-state index in [1.54, 1.807) is 0 Å². The summed E-state index contributed by atoms with van der Waals surface area (Å²) in [7, 11) is 0. The van der Waals surface area contributed by atoms with E-state index in [-0.39, 0.29) is 5.91 Å². The van der Waals surface area contributed by atoms with Crippen molar-refractivity contribution in [2.45, 2.75) is 11.8 Å². The maximum absolute atomic E-state index is 12.1. The molecule has 1 heterocycles. The number of anilines is 1. The van der Waals surface area contributed by atoms with Gasteiger partial charge in [-0.05, 0) is 54.4 Å². The molecule has 0 aliphatic carbocycles. The van der Waals surface area contributed by atoms with Crippen LogP contribution < -0.4 is 5.32 Å². The number of rotatable bonds is 5. The second-order valence-corrected chi connectivity index (χ2v) is 7.66. The van der Waals surface area contributed by atoms with Gasteiger partial charge in [-0.1, -0.05) is 32.6 Å². The summed E-state index contributed by atoms with van der Waals surface area (Å²) in [6.45, 7) is 2.04. The lowest BCUT2D eigenvalue weighted by molar-refractivity contribution is -0.113. The number of carbonyl (C=O) groups excluding carboxylic acids is 1. The third-order valence-electron chi connectivity index (χ3n) is 3.32. The molecule has 0 radical (unpaired) electrons. The number of aryl methyl sites for hydroxylation is 1. The summed E-state index contributed by atoms with van der Waals surface area (Å²) in [4.78, 5) is 13.2. The Morgan fingerprint density at radius 1 is 1.25 bits per heavy atom. The number of hydrogen-bond acceptors (Lipinski definition) is 5. The van der Waals surface area contributed by atoms with Crippen LogP contribution in [0, 0.1) is 6.92 Å². The molecule has 0 aliphatic rings. The van der Waals surface area contributed by atoms with Crippen molar-refractivity contribution in [3.63, 3.8) is 0 Å². The molecule has 4 nitrogen and oxygen atoms in total. The predicted molar refractivity (Wildman–Crippen MR) is 104 cm³/mol. The zero-order chi connectivity index (χ0) is 16.9. The molecule has 0 saturated heterocycles. The summed E-state index contributed by atoms with van der Waals surface area (Å²) in [5.74, 6) is 0.352. The number of benzene rings is 2. The number of aromatic nitrogens is 2. The first-order valence-electron chi connectivity index (χ1n) is 7.18. The van der Waals surface area contributed by atoms with Crippen LogP contribution in [0.15, 0.2) is 57.2 Å². The highest BCUT2D eigenvalue weighted by molar-refractivity contribution is 9.10.